The van der Waals surface area contributed by atoms with E-state index in [0.29, 0.717) is 25.1 Å². The van der Waals surface area contributed by atoms with Crippen LogP contribution >= 0.6 is 0 Å². The van der Waals surface area contributed by atoms with Crippen LogP contribution in [0, 0.1) is 0 Å². The number of aromatic nitrogens is 2. The second kappa shape index (κ2) is 6.02. The fraction of sp³-hybridized carbons (Fsp3) is 0.421. The first kappa shape index (κ1) is 17.2. The van der Waals surface area contributed by atoms with Crippen molar-refractivity contribution in [1.29, 1.82) is 0 Å². The number of primary amides is 1. The summed E-state index contributed by atoms with van der Waals surface area (Å²) in [5.74, 6) is -0.505. The molecule has 3 N–H and O–H groups in total. The standard InChI is InChI=1S/C19H24N4O2/c1-18(2,3)15-14(11-21-22-15)16(24)23-10-9-19(12-23,17(20)25)13-7-5-4-6-8-13/h4-8,11H,9-10,12H2,1-3H3,(H2,20,25)(H,21,22). The van der Waals surface area contributed by atoms with Crippen molar-refractivity contribution in [3.05, 3.63) is 53.3 Å². The van der Waals surface area contributed by atoms with Crippen LogP contribution in [0.1, 0.15) is 48.8 Å². The first-order valence-corrected chi connectivity index (χ1v) is 8.44. The van der Waals surface area contributed by atoms with Gasteiger partial charge in [0.2, 0.25) is 5.91 Å². The topological polar surface area (TPSA) is 92.1 Å². The average molecular weight is 340 g/mol. The highest BCUT2D eigenvalue weighted by Crippen LogP contribution is 2.36. The lowest BCUT2D eigenvalue weighted by Crippen LogP contribution is -2.44. The minimum absolute atomic E-state index is 0.113. The van der Waals surface area contributed by atoms with E-state index in [-0.39, 0.29) is 11.3 Å². The molecule has 1 aliphatic rings. The number of nitrogens with two attached hydrogens (primary N) is 1. The van der Waals surface area contributed by atoms with Crippen molar-refractivity contribution in [2.75, 3.05) is 13.1 Å². The fourth-order valence-corrected chi connectivity index (χ4v) is 3.51. The first-order chi connectivity index (χ1) is 11.8. The molecule has 132 valence electrons. The molecule has 0 bridgehead atoms. The molecule has 25 heavy (non-hydrogen) atoms. The lowest BCUT2D eigenvalue weighted by molar-refractivity contribution is -0.123. The summed E-state index contributed by atoms with van der Waals surface area (Å²) < 4.78 is 0. The van der Waals surface area contributed by atoms with E-state index in [4.69, 9.17) is 5.73 Å². The Morgan fingerprint density at radius 3 is 2.52 bits per heavy atom. The van der Waals surface area contributed by atoms with E-state index in [1.807, 2.05) is 51.1 Å². The highest BCUT2D eigenvalue weighted by molar-refractivity contribution is 5.97. The second-order valence-corrected chi connectivity index (χ2v) is 7.70. The molecule has 2 aromatic rings. The Morgan fingerprint density at radius 1 is 1.24 bits per heavy atom. The van der Waals surface area contributed by atoms with Gasteiger partial charge in [-0.3, -0.25) is 14.7 Å². The van der Waals surface area contributed by atoms with Crippen LogP contribution in [0.3, 0.4) is 0 Å². The summed E-state index contributed by atoms with van der Waals surface area (Å²) in [4.78, 5) is 27.0. The molecule has 2 heterocycles. The summed E-state index contributed by atoms with van der Waals surface area (Å²) in [6, 6.07) is 9.47. The van der Waals surface area contributed by atoms with E-state index in [9.17, 15) is 9.59 Å². The van der Waals surface area contributed by atoms with Crippen molar-refractivity contribution in [3.8, 4) is 0 Å². The third kappa shape index (κ3) is 2.92. The Labute approximate surface area is 147 Å². The maximum absolute atomic E-state index is 13.0. The molecule has 1 aromatic carbocycles. The molecule has 0 radical (unpaired) electrons. The molecule has 6 nitrogen and oxygen atoms in total. The molecule has 0 aliphatic carbocycles. The van der Waals surface area contributed by atoms with E-state index in [1.165, 1.54) is 0 Å². The smallest absolute Gasteiger partial charge is 0.257 e. The number of nitrogens with zero attached hydrogens (tertiary/aromatic N) is 2. The van der Waals surface area contributed by atoms with Gasteiger partial charge in [-0.05, 0) is 12.0 Å². The molecule has 1 aliphatic heterocycles. The molecular weight excluding hydrogens is 316 g/mol. The normalized spacial score (nSPS) is 20.7. The minimum atomic E-state index is -0.831. The van der Waals surface area contributed by atoms with E-state index in [2.05, 4.69) is 10.2 Å². The monoisotopic (exact) mass is 340 g/mol. The summed E-state index contributed by atoms with van der Waals surface area (Å²) >= 11 is 0. The molecule has 3 rings (SSSR count). The number of hydrogen-bond donors (Lipinski definition) is 2. The zero-order valence-electron chi connectivity index (χ0n) is 14.9. The Morgan fingerprint density at radius 2 is 1.92 bits per heavy atom. The van der Waals surface area contributed by atoms with Gasteiger partial charge in [-0.2, -0.15) is 5.10 Å². The van der Waals surface area contributed by atoms with Crippen LogP contribution in [-0.2, 0) is 15.6 Å². The zero-order valence-corrected chi connectivity index (χ0v) is 14.9. The number of likely N-dealkylation sites (tertiary alicyclic amines) is 1. The average Bonchev–Trinajstić information content (AvgIpc) is 3.23. The van der Waals surface area contributed by atoms with Crippen LogP contribution in [0.15, 0.2) is 36.5 Å². The van der Waals surface area contributed by atoms with Gasteiger partial charge >= 0.3 is 0 Å². The van der Waals surface area contributed by atoms with Crippen molar-refractivity contribution in [3.63, 3.8) is 0 Å². The number of carbonyl (C=O) groups excluding carboxylic acids is 2. The third-order valence-corrected chi connectivity index (χ3v) is 4.97. The molecular formula is C19H24N4O2. The Kier molecular flexibility index (Phi) is 4.14. The second-order valence-electron chi connectivity index (χ2n) is 7.70. The van der Waals surface area contributed by atoms with Crippen LogP contribution in [0.4, 0.5) is 0 Å². The van der Waals surface area contributed by atoms with Gasteiger partial charge in [0.25, 0.3) is 5.91 Å². The molecule has 1 atom stereocenters. The van der Waals surface area contributed by atoms with Gasteiger partial charge in [0, 0.05) is 18.5 Å². The highest BCUT2D eigenvalue weighted by atomic mass is 16.2. The Balaban J connectivity index is 1.91. The number of carbonyl (C=O) groups is 2. The van der Waals surface area contributed by atoms with Gasteiger partial charge < -0.3 is 10.6 Å². The molecule has 1 aromatic heterocycles. The number of hydrogen-bond acceptors (Lipinski definition) is 3. The summed E-state index contributed by atoms with van der Waals surface area (Å²) in [6.07, 6.45) is 2.09. The van der Waals surface area contributed by atoms with Gasteiger partial charge in [0.05, 0.1) is 22.9 Å². The Bertz CT molecular complexity index is 791. The van der Waals surface area contributed by atoms with Crippen LogP contribution in [0.2, 0.25) is 0 Å². The van der Waals surface area contributed by atoms with Gasteiger partial charge in [0.1, 0.15) is 0 Å². The number of benzene rings is 1. The predicted octanol–water partition coefficient (Wildman–Crippen LogP) is 1.98. The zero-order chi connectivity index (χ0) is 18.2. The molecule has 1 unspecified atom stereocenters. The van der Waals surface area contributed by atoms with Crippen LogP contribution < -0.4 is 5.73 Å². The summed E-state index contributed by atoms with van der Waals surface area (Å²) in [5, 5.41) is 6.98. The molecule has 6 heteroatoms. The van der Waals surface area contributed by atoms with Crippen molar-refractivity contribution in [2.45, 2.75) is 38.0 Å². The van der Waals surface area contributed by atoms with Gasteiger partial charge in [-0.1, -0.05) is 51.1 Å². The Hall–Kier alpha value is -2.63. The fourth-order valence-electron chi connectivity index (χ4n) is 3.51. The van der Waals surface area contributed by atoms with E-state index < -0.39 is 11.3 Å². The molecule has 1 saturated heterocycles. The van der Waals surface area contributed by atoms with E-state index in [0.717, 1.165) is 11.3 Å². The summed E-state index contributed by atoms with van der Waals surface area (Å²) in [5.41, 5.74) is 6.92. The SMILES string of the molecule is CC(C)(C)c1[nH]ncc1C(=O)N1CCC(C(N)=O)(c2ccccc2)C1. The summed E-state index contributed by atoms with van der Waals surface area (Å²) in [7, 11) is 0. The van der Waals surface area contributed by atoms with Gasteiger partial charge in [-0.25, -0.2) is 0 Å². The van der Waals surface area contributed by atoms with E-state index >= 15 is 0 Å². The number of aromatic amines is 1. The lowest BCUT2D eigenvalue weighted by Gasteiger charge is -2.27. The third-order valence-electron chi connectivity index (χ3n) is 4.97. The predicted molar refractivity (Wildman–Crippen MR) is 95.1 cm³/mol. The number of H-pyrrole nitrogens is 1. The molecule has 0 saturated carbocycles. The van der Waals surface area contributed by atoms with Crippen LogP contribution in [0.5, 0.6) is 0 Å². The minimum Gasteiger partial charge on any atom is -0.369 e. The largest absolute Gasteiger partial charge is 0.369 e. The van der Waals surface area contributed by atoms with Crippen molar-refractivity contribution < 1.29 is 9.59 Å². The highest BCUT2D eigenvalue weighted by Gasteiger charge is 2.46. The number of amides is 2. The lowest BCUT2D eigenvalue weighted by atomic mass is 9.79. The first-order valence-electron chi connectivity index (χ1n) is 8.44. The van der Waals surface area contributed by atoms with Crippen molar-refractivity contribution >= 4 is 11.8 Å². The molecule has 2 amide bonds. The maximum Gasteiger partial charge on any atom is 0.257 e. The number of rotatable bonds is 3. The van der Waals surface area contributed by atoms with E-state index in [1.54, 1.807) is 11.1 Å². The van der Waals surface area contributed by atoms with Gasteiger partial charge in [0.15, 0.2) is 0 Å². The molecule has 1 fully saturated rings. The maximum atomic E-state index is 13.0. The quantitative estimate of drug-likeness (QED) is 0.895. The van der Waals surface area contributed by atoms with Crippen molar-refractivity contribution in [2.24, 2.45) is 5.73 Å². The van der Waals surface area contributed by atoms with Crippen LogP contribution in [-0.4, -0.2) is 40.0 Å². The number of nitrogens with one attached hydrogen (secondary N) is 1. The van der Waals surface area contributed by atoms with Crippen molar-refractivity contribution in [1.82, 2.24) is 15.1 Å². The van der Waals surface area contributed by atoms with Crippen LogP contribution in [0.25, 0.3) is 0 Å². The summed E-state index contributed by atoms with van der Waals surface area (Å²) in [6.45, 7) is 6.86. The molecule has 0 spiro atoms. The van der Waals surface area contributed by atoms with Gasteiger partial charge in [-0.15, -0.1) is 0 Å².